The highest BCUT2D eigenvalue weighted by Gasteiger charge is 2.58. The van der Waals surface area contributed by atoms with E-state index >= 15 is 0 Å². The molecule has 1 aromatic heterocycles. The summed E-state index contributed by atoms with van der Waals surface area (Å²) in [4.78, 5) is 29.0. The highest BCUT2D eigenvalue weighted by Crippen LogP contribution is 2.61. The van der Waals surface area contributed by atoms with Crippen molar-refractivity contribution in [2.45, 2.75) is 50.7 Å². The first-order chi connectivity index (χ1) is 16.3. The van der Waals surface area contributed by atoms with Crippen molar-refractivity contribution in [3.63, 3.8) is 0 Å². The van der Waals surface area contributed by atoms with Gasteiger partial charge in [-0.2, -0.15) is 5.26 Å². The lowest BCUT2D eigenvalue weighted by molar-refractivity contribution is -0.0914. The highest BCUT2D eigenvalue weighted by molar-refractivity contribution is 5.99. The van der Waals surface area contributed by atoms with E-state index in [4.69, 9.17) is 0 Å². The monoisotopic (exact) mass is 457 g/mol. The van der Waals surface area contributed by atoms with Crippen LogP contribution in [-0.4, -0.2) is 41.6 Å². The third-order valence-corrected chi connectivity index (χ3v) is 8.82. The summed E-state index contributed by atoms with van der Waals surface area (Å²) in [6.45, 7) is 5.95. The summed E-state index contributed by atoms with van der Waals surface area (Å²) in [6.07, 6.45) is 4.91. The zero-order chi connectivity index (χ0) is 23.8. The number of pyridine rings is 1. The van der Waals surface area contributed by atoms with Crippen LogP contribution in [0, 0.1) is 36.0 Å². The van der Waals surface area contributed by atoms with Gasteiger partial charge in [0.1, 0.15) is 0 Å². The zero-order valence-electron chi connectivity index (χ0n) is 20.0. The molecule has 0 spiro atoms. The smallest absolute Gasteiger partial charge is 0.255 e. The van der Waals surface area contributed by atoms with Gasteiger partial charge in [0.2, 0.25) is 0 Å². The first kappa shape index (κ1) is 21.4. The molecular weight excluding hydrogens is 426 g/mol. The van der Waals surface area contributed by atoms with Crippen LogP contribution in [0.1, 0.15) is 59.3 Å². The van der Waals surface area contributed by atoms with E-state index < -0.39 is 0 Å². The maximum atomic E-state index is 13.6. The number of amides is 1. The van der Waals surface area contributed by atoms with Crippen LogP contribution in [0.5, 0.6) is 0 Å². The molecule has 2 bridgehead atoms. The van der Waals surface area contributed by atoms with Crippen LogP contribution in [0.3, 0.4) is 0 Å². The van der Waals surface area contributed by atoms with Crippen molar-refractivity contribution >= 4 is 11.6 Å². The Balaban J connectivity index is 1.30. The molecule has 2 aromatic rings. The Morgan fingerprint density at radius 1 is 1.24 bits per heavy atom. The predicted octanol–water partition coefficient (Wildman–Crippen LogP) is 3.00. The van der Waals surface area contributed by atoms with E-state index in [1.807, 2.05) is 30.5 Å². The molecule has 1 aromatic carbocycles. The first-order valence-corrected chi connectivity index (χ1v) is 12.3. The number of anilines is 1. The number of benzene rings is 1. The number of aromatic nitrogens is 1. The number of hydrogen-bond donors (Lipinski definition) is 2. The van der Waals surface area contributed by atoms with Crippen molar-refractivity contribution in [2.24, 2.45) is 17.8 Å². The summed E-state index contributed by atoms with van der Waals surface area (Å²) in [5, 5.41) is 16.1. The predicted molar refractivity (Wildman–Crippen MR) is 130 cm³/mol. The van der Waals surface area contributed by atoms with E-state index in [9.17, 15) is 14.9 Å². The fourth-order valence-corrected chi connectivity index (χ4v) is 6.66. The molecule has 5 aliphatic rings. The number of nitrogens with one attached hydrogen (secondary N) is 2. The van der Waals surface area contributed by atoms with Gasteiger partial charge in [0.25, 0.3) is 11.5 Å². The van der Waals surface area contributed by atoms with Crippen LogP contribution >= 0.6 is 0 Å². The molecule has 2 N–H and O–H groups in total. The normalized spacial score (nSPS) is 31.5. The molecule has 1 amide bonds. The number of hydrogen-bond acceptors (Lipinski definition) is 5. The lowest BCUT2D eigenvalue weighted by atomic mass is 9.49. The van der Waals surface area contributed by atoms with Crippen molar-refractivity contribution < 1.29 is 4.79 Å². The zero-order valence-corrected chi connectivity index (χ0v) is 20.0. The van der Waals surface area contributed by atoms with Gasteiger partial charge in [0.05, 0.1) is 28.9 Å². The Morgan fingerprint density at radius 3 is 2.56 bits per heavy atom. The first-order valence-electron chi connectivity index (χ1n) is 12.3. The molecule has 0 radical (unpaired) electrons. The van der Waals surface area contributed by atoms with Gasteiger partial charge in [-0.05, 0) is 75.1 Å². The van der Waals surface area contributed by atoms with Gasteiger partial charge in [-0.1, -0.05) is 12.1 Å². The Kier molecular flexibility index (Phi) is 4.69. The van der Waals surface area contributed by atoms with E-state index in [1.165, 1.54) is 0 Å². The number of carbonyl (C=O) groups is 1. The van der Waals surface area contributed by atoms with Crippen LogP contribution in [-0.2, 0) is 5.54 Å². The Labute approximate surface area is 199 Å². The van der Waals surface area contributed by atoms with Crippen molar-refractivity contribution in [1.82, 2.24) is 14.8 Å². The molecular formula is C27H31N5O2. The Bertz CT molecular complexity index is 1260. The molecule has 176 valence electrons. The molecule has 7 rings (SSSR count). The second kappa shape index (κ2) is 7.44. The average molecular weight is 458 g/mol. The number of likely N-dealkylation sites (tertiary alicyclic amines) is 1. The lowest BCUT2D eigenvalue weighted by Gasteiger charge is -2.62. The van der Waals surface area contributed by atoms with Gasteiger partial charge in [-0.15, -0.1) is 0 Å². The minimum Gasteiger partial charge on any atom is -0.381 e. The van der Waals surface area contributed by atoms with Gasteiger partial charge in [0, 0.05) is 36.9 Å². The number of carbonyl (C=O) groups excluding carboxylic acids is 1. The maximum absolute atomic E-state index is 13.6. The van der Waals surface area contributed by atoms with E-state index in [1.54, 1.807) is 18.3 Å². The fraction of sp³-hybridized carbons (Fsp3) is 0.519. The van der Waals surface area contributed by atoms with E-state index in [0.717, 1.165) is 49.4 Å². The molecule has 4 aliphatic carbocycles. The minimum absolute atomic E-state index is 0.0225. The third kappa shape index (κ3) is 3.19. The van der Waals surface area contributed by atoms with Gasteiger partial charge >= 0.3 is 0 Å². The Morgan fingerprint density at radius 2 is 1.94 bits per heavy atom. The van der Waals surface area contributed by atoms with Gasteiger partial charge < -0.3 is 20.1 Å². The molecule has 7 heteroatoms. The summed E-state index contributed by atoms with van der Waals surface area (Å²) < 4.78 is 1.82. The van der Waals surface area contributed by atoms with Gasteiger partial charge in [-0.25, -0.2) is 0 Å². The van der Waals surface area contributed by atoms with Gasteiger partial charge in [0.15, 0.2) is 0 Å². The molecule has 34 heavy (non-hydrogen) atoms. The second-order valence-electron chi connectivity index (χ2n) is 11.1. The maximum Gasteiger partial charge on any atom is 0.255 e. The van der Waals surface area contributed by atoms with E-state index in [-0.39, 0.29) is 23.0 Å². The number of fused-ring (bicyclic) bond motifs is 1. The number of rotatable bonds is 6. The second-order valence-corrected chi connectivity index (χ2v) is 11.1. The standard InChI is InChI=1S/C27H31N5O2/c1-15-18(11-28)5-4-6-19(15)16(2)29-26(34)22-14-32(27-8-17(9-27)10-27)24(33)7-23(22)30-25-20-12-31(3)13-21(20)25/h4-7,14,16-17,20-21,25,30H,8-10,12-13H2,1-3H3,(H,29,34)/t16-,17?,20-,21+,25?,27?/m1/s1. The molecule has 7 nitrogen and oxygen atoms in total. The topological polar surface area (TPSA) is 90.2 Å². The largest absolute Gasteiger partial charge is 0.381 e. The van der Waals surface area contributed by atoms with Crippen molar-refractivity contribution in [1.29, 1.82) is 5.26 Å². The molecule has 5 fully saturated rings. The quantitative estimate of drug-likeness (QED) is 0.696. The van der Waals surface area contributed by atoms with Crippen LogP contribution in [0.2, 0.25) is 0 Å². The van der Waals surface area contributed by atoms with Crippen molar-refractivity contribution in [2.75, 3.05) is 25.5 Å². The average Bonchev–Trinajstić information content (AvgIpc) is 3.18. The van der Waals surface area contributed by atoms with Crippen LogP contribution < -0.4 is 16.2 Å². The molecule has 1 saturated heterocycles. The van der Waals surface area contributed by atoms with E-state index in [2.05, 4.69) is 28.7 Å². The SMILES string of the molecule is Cc1c(C#N)cccc1[C@@H](C)NC(=O)c1cn(C23CC(C2)C3)c(=O)cc1NC1[C@H]2CN(C)C[C@@H]12. The summed E-state index contributed by atoms with van der Waals surface area (Å²) in [7, 11) is 2.14. The molecule has 1 aliphatic heterocycles. The Hall–Kier alpha value is -3.11. The number of nitrogens with zero attached hydrogens (tertiary/aromatic N) is 3. The molecule has 1 unspecified atom stereocenters. The summed E-state index contributed by atoms with van der Waals surface area (Å²) >= 11 is 0. The van der Waals surface area contributed by atoms with E-state index in [0.29, 0.717) is 34.7 Å². The van der Waals surface area contributed by atoms with Crippen molar-refractivity contribution in [3.8, 4) is 6.07 Å². The van der Waals surface area contributed by atoms with Gasteiger partial charge in [-0.3, -0.25) is 9.59 Å². The van der Waals surface area contributed by atoms with Crippen LogP contribution in [0.25, 0.3) is 0 Å². The molecule has 2 heterocycles. The molecule has 4 atom stereocenters. The summed E-state index contributed by atoms with van der Waals surface area (Å²) in [5.74, 6) is 1.70. The number of nitriles is 1. The van der Waals surface area contributed by atoms with Crippen LogP contribution in [0.15, 0.2) is 35.3 Å². The highest BCUT2D eigenvalue weighted by atomic mass is 16.2. The van der Waals surface area contributed by atoms with Crippen LogP contribution in [0.4, 0.5) is 5.69 Å². The minimum atomic E-state index is -0.266. The summed E-state index contributed by atoms with van der Waals surface area (Å²) in [6, 6.07) is 9.50. The van der Waals surface area contributed by atoms with Crippen molar-refractivity contribution in [3.05, 3.63) is 63.1 Å². The molecule has 4 saturated carbocycles. The number of piperidine rings is 1. The fourth-order valence-electron chi connectivity index (χ4n) is 6.66. The summed E-state index contributed by atoms with van der Waals surface area (Å²) in [5.41, 5.74) is 3.48. The lowest BCUT2D eigenvalue weighted by Crippen LogP contribution is -2.62. The third-order valence-electron chi connectivity index (χ3n) is 8.82.